The van der Waals surface area contributed by atoms with Gasteiger partial charge in [0, 0.05) is 18.6 Å². The van der Waals surface area contributed by atoms with Crippen LogP contribution in [-0.2, 0) is 6.54 Å². The minimum Gasteiger partial charge on any atom is -0.468 e. The smallest absolute Gasteiger partial charge is 0.120 e. The molecular formula is C13H21NO2. The van der Waals surface area contributed by atoms with Gasteiger partial charge in [0.15, 0.2) is 0 Å². The summed E-state index contributed by atoms with van der Waals surface area (Å²) in [5.74, 6) is 1.06. The summed E-state index contributed by atoms with van der Waals surface area (Å²) < 4.78 is 5.46. The minimum absolute atomic E-state index is 0.0682. The molecule has 90 valence electrons. The molecule has 1 N–H and O–H groups in total. The second-order valence-electron chi connectivity index (χ2n) is 5.31. The summed E-state index contributed by atoms with van der Waals surface area (Å²) in [5.41, 5.74) is 1.29. The Bertz CT molecular complexity index is 347. The summed E-state index contributed by atoms with van der Waals surface area (Å²) in [5, 5.41) is 9.40. The Labute approximate surface area is 97.1 Å². The normalized spacial score (nSPS) is 27.2. The predicted octanol–water partition coefficient (Wildman–Crippen LogP) is 2.18. The number of furan rings is 1. The average Bonchev–Trinajstić information content (AvgIpc) is 2.65. The fourth-order valence-corrected chi connectivity index (χ4v) is 2.46. The van der Waals surface area contributed by atoms with E-state index in [1.807, 2.05) is 6.07 Å². The number of nitrogens with zero attached hydrogens (tertiary/aromatic N) is 1. The highest BCUT2D eigenvalue weighted by atomic mass is 16.3. The van der Waals surface area contributed by atoms with Crippen molar-refractivity contribution in [2.75, 3.05) is 19.7 Å². The molecule has 1 aliphatic heterocycles. The first kappa shape index (κ1) is 11.7. The molecule has 1 unspecified atom stereocenters. The molecule has 0 spiro atoms. The highest BCUT2D eigenvalue weighted by molar-refractivity contribution is 5.14. The van der Waals surface area contributed by atoms with E-state index in [1.165, 1.54) is 5.56 Å². The molecule has 1 fully saturated rings. The zero-order valence-electron chi connectivity index (χ0n) is 10.2. The molecule has 0 bridgehead atoms. The van der Waals surface area contributed by atoms with Gasteiger partial charge in [-0.1, -0.05) is 6.92 Å². The van der Waals surface area contributed by atoms with E-state index in [9.17, 15) is 5.11 Å². The number of hydrogen-bond donors (Lipinski definition) is 1. The maximum absolute atomic E-state index is 9.40. The van der Waals surface area contributed by atoms with E-state index in [1.54, 1.807) is 6.26 Å². The molecule has 0 aromatic carbocycles. The van der Waals surface area contributed by atoms with Crippen LogP contribution in [0, 0.1) is 12.3 Å². The Morgan fingerprint density at radius 1 is 1.56 bits per heavy atom. The summed E-state index contributed by atoms with van der Waals surface area (Å²) in [6, 6.07) is 2.00. The lowest BCUT2D eigenvalue weighted by atomic mass is 9.83. The molecule has 0 radical (unpaired) electrons. The summed E-state index contributed by atoms with van der Waals surface area (Å²) in [7, 11) is 0. The first-order valence-corrected chi connectivity index (χ1v) is 5.99. The minimum atomic E-state index is 0.0682. The third-order valence-electron chi connectivity index (χ3n) is 3.58. The van der Waals surface area contributed by atoms with Gasteiger partial charge in [-0.2, -0.15) is 0 Å². The van der Waals surface area contributed by atoms with Crippen LogP contribution < -0.4 is 0 Å². The molecule has 3 heteroatoms. The van der Waals surface area contributed by atoms with Crippen molar-refractivity contribution >= 4 is 0 Å². The van der Waals surface area contributed by atoms with Gasteiger partial charge in [0.2, 0.25) is 0 Å². The van der Waals surface area contributed by atoms with Crippen LogP contribution in [0.15, 0.2) is 16.7 Å². The van der Waals surface area contributed by atoms with Gasteiger partial charge in [0.1, 0.15) is 5.76 Å². The van der Waals surface area contributed by atoms with Gasteiger partial charge >= 0.3 is 0 Å². The Hall–Kier alpha value is -0.800. The number of aliphatic hydroxyl groups is 1. The summed E-state index contributed by atoms with van der Waals surface area (Å²) in [6.45, 7) is 7.45. The number of rotatable bonds is 3. The number of hydrogen-bond acceptors (Lipinski definition) is 3. The van der Waals surface area contributed by atoms with E-state index >= 15 is 0 Å². The molecule has 1 aliphatic rings. The molecular weight excluding hydrogens is 202 g/mol. The largest absolute Gasteiger partial charge is 0.468 e. The monoisotopic (exact) mass is 223 g/mol. The molecule has 3 nitrogen and oxygen atoms in total. The lowest BCUT2D eigenvalue weighted by Crippen LogP contribution is -2.43. The molecule has 1 aromatic heterocycles. The highest BCUT2D eigenvalue weighted by Crippen LogP contribution is 2.29. The van der Waals surface area contributed by atoms with Gasteiger partial charge < -0.3 is 9.52 Å². The van der Waals surface area contributed by atoms with Crippen molar-refractivity contribution in [1.82, 2.24) is 4.90 Å². The fourth-order valence-electron chi connectivity index (χ4n) is 2.46. The van der Waals surface area contributed by atoms with Crippen LogP contribution in [0.2, 0.25) is 0 Å². The van der Waals surface area contributed by atoms with E-state index in [4.69, 9.17) is 4.42 Å². The van der Waals surface area contributed by atoms with Gasteiger partial charge in [0.05, 0.1) is 12.8 Å². The Kier molecular flexibility index (Phi) is 3.36. The molecule has 2 heterocycles. The van der Waals surface area contributed by atoms with Gasteiger partial charge in [-0.05, 0) is 37.9 Å². The van der Waals surface area contributed by atoms with E-state index in [0.717, 1.165) is 38.2 Å². The quantitative estimate of drug-likeness (QED) is 0.853. The van der Waals surface area contributed by atoms with Crippen LogP contribution >= 0.6 is 0 Å². The Morgan fingerprint density at radius 2 is 2.38 bits per heavy atom. The third kappa shape index (κ3) is 2.47. The van der Waals surface area contributed by atoms with Crippen molar-refractivity contribution in [3.8, 4) is 0 Å². The maximum atomic E-state index is 9.40. The average molecular weight is 223 g/mol. The number of aliphatic hydroxyl groups excluding tert-OH is 1. The zero-order chi connectivity index (χ0) is 11.6. The third-order valence-corrected chi connectivity index (χ3v) is 3.58. The molecule has 0 amide bonds. The van der Waals surface area contributed by atoms with Crippen molar-refractivity contribution < 1.29 is 9.52 Å². The van der Waals surface area contributed by atoms with Crippen molar-refractivity contribution in [3.63, 3.8) is 0 Å². The molecule has 1 aromatic rings. The predicted molar refractivity (Wildman–Crippen MR) is 63.1 cm³/mol. The lowest BCUT2D eigenvalue weighted by Gasteiger charge is -2.39. The Morgan fingerprint density at radius 3 is 3.00 bits per heavy atom. The number of piperidine rings is 1. The topological polar surface area (TPSA) is 36.6 Å². The van der Waals surface area contributed by atoms with E-state index in [-0.39, 0.29) is 12.0 Å². The molecule has 0 aliphatic carbocycles. The summed E-state index contributed by atoms with van der Waals surface area (Å²) in [6.07, 6.45) is 4.04. The molecule has 16 heavy (non-hydrogen) atoms. The molecule has 1 saturated heterocycles. The Balaban J connectivity index is 1.98. The first-order chi connectivity index (χ1) is 7.63. The lowest BCUT2D eigenvalue weighted by molar-refractivity contribution is 0.0398. The van der Waals surface area contributed by atoms with E-state index in [0.29, 0.717) is 0 Å². The fraction of sp³-hybridized carbons (Fsp3) is 0.692. The maximum Gasteiger partial charge on any atom is 0.120 e. The summed E-state index contributed by atoms with van der Waals surface area (Å²) >= 11 is 0. The van der Waals surface area contributed by atoms with Crippen molar-refractivity contribution in [2.24, 2.45) is 5.41 Å². The van der Waals surface area contributed by atoms with E-state index < -0.39 is 0 Å². The van der Waals surface area contributed by atoms with Crippen LogP contribution in [0.4, 0.5) is 0 Å². The highest BCUT2D eigenvalue weighted by Gasteiger charge is 2.30. The van der Waals surface area contributed by atoms with Crippen LogP contribution in [0.3, 0.4) is 0 Å². The second kappa shape index (κ2) is 4.60. The molecule has 2 rings (SSSR count). The van der Waals surface area contributed by atoms with Crippen molar-refractivity contribution in [3.05, 3.63) is 23.7 Å². The van der Waals surface area contributed by atoms with Crippen LogP contribution in [0.5, 0.6) is 0 Å². The summed E-state index contributed by atoms with van der Waals surface area (Å²) in [4.78, 5) is 2.38. The van der Waals surface area contributed by atoms with E-state index in [2.05, 4.69) is 18.7 Å². The van der Waals surface area contributed by atoms with Gasteiger partial charge in [-0.3, -0.25) is 4.90 Å². The van der Waals surface area contributed by atoms with Crippen molar-refractivity contribution in [2.45, 2.75) is 33.2 Å². The number of aryl methyl sites for hydroxylation is 1. The zero-order valence-corrected chi connectivity index (χ0v) is 10.2. The van der Waals surface area contributed by atoms with Gasteiger partial charge in [-0.25, -0.2) is 0 Å². The molecule has 1 atom stereocenters. The van der Waals surface area contributed by atoms with Crippen LogP contribution in [0.25, 0.3) is 0 Å². The first-order valence-electron chi connectivity index (χ1n) is 5.99. The SMILES string of the molecule is Cc1ccoc1CN1CCCC(C)(CO)C1. The standard InChI is InChI=1S/C13H21NO2/c1-11-4-7-16-12(11)8-14-6-3-5-13(2,9-14)10-15/h4,7,15H,3,5-6,8-10H2,1-2H3. The molecule has 0 saturated carbocycles. The second-order valence-corrected chi connectivity index (χ2v) is 5.31. The van der Waals surface area contributed by atoms with Crippen LogP contribution in [-0.4, -0.2) is 29.7 Å². The van der Waals surface area contributed by atoms with Crippen molar-refractivity contribution in [1.29, 1.82) is 0 Å². The van der Waals surface area contributed by atoms with Gasteiger partial charge in [-0.15, -0.1) is 0 Å². The van der Waals surface area contributed by atoms with Crippen LogP contribution in [0.1, 0.15) is 31.1 Å². The van der Waals surface area contributed by atoms with Gasteiger partial charge in [0.25, 0.3) is 0 Å². The number of likely N-dealkylation sites (tertiary alicyclic amines) is 1.